The normalized spacial score (nSPS) is 12.4. The molecule has 0 saturated carbocycles. The molecule has 5 N–H and O–H groups in total. The first-order chi connectivity index (χ1) is 18.7. The van der Waals surface area contributed by atoms with E-state index in [-0.39, 0.29) is 12.1 Å². The van der Waals surface area contributed by atoms with E-state index in [9.17, 15) is 4.79 Å². The molecule has 0 aliphatic carbocycles. The summed E-state index contributed by atoms with van der Waals surface area (Å²) >= 11 is 0. The van der Waals surface area contributed by atoms with E-state index >= 15 is 0 Å². The van der Waals surface area contributed by atoms with E-state index in [4.69, 9.17) is 15.2 Å². The fourth-order valence-electron chi connectivity index (χ4n) is 4.33. The van der Waals surface area contributed by atoms with E-state index in [1.807, 2.05) is 103 Å². The van der Waals surface area contributed by atoms with Crippen molar-refractivity contribution in [2.45, 2.75) is 38.3 Å². The van der Waals surface area contributed by atoms with Crippen LogP contribution in [0, 0.1) is 0 Å². The molecule has 0 fully saturated rings. The number of hydrogen-bond donors (Lipinski definition) is 3. The molecule has 0 aromatic heterocycles. The predicted octanol–water partition coefficient (Wildman–Crippen LogP) is 4.19. The van der Waals surface area contributed by atoms with Crippen LogP contribution in [0.5, 0.6) is 5.75 Å². The van der Waals surface area contributed by atoms with Gasteiger partial charge in [0.2, 0.25) is 0 Å². The monoisotopic (exact) mass is 510 g/mol. The van der Waals surface area contributed by atoms with Gasteiger partial charge in [-0.3, -0.25) is 0 Å². The quantitative estimate of drug-likeness (QED) is 0.238. The first-order valence-electron chi connectivity index (χ1n) is 13.0. The molecule has 38 heavy (non-hydrogen) atoms. The molecule has 2 atom stereocenters. The average molecular weight is 511 g/mol. The number of carbonyl (C=O) groups is 1. The van der Waals surface area contributed by atoms with Gasteiger partial charge in [0.15, 0.2) is 0 Å². The highest BCUT2D eigenvalue weighted by molar-refractivity contribution is 5.72. The molecule has 0 heterocycles. The second-order valence-corrected chi connectivity index (χ2v) is 9.29. The first-order valence-corrected chi connectivity index (χ1v) is 13.0. The second kappa shape index (κ2) is 14.6. The lowest BCUT2D eigenvalue weighted by Gasteiger charge is -2.27. The van der Waals surface area contributed by atoms with Gasteiger partial charge in [-0.15, -0.1) is 0 Å². The largest absolute Gasteiger partial charge is 0.489 e. The molecule has 0 radical (unpaired) electrons. The summed E-state index contributed by atoms with van der Waals surface area (Å²) in [4.78, 5) is 12.0. The van der Waals surface area contributed by atoms with Crippen LogP contribution in [0.15, 0.2) is 115 Å². The van der Waals surface area contributed by atoms with Gasteiger partial charge in [-0.1, -0.05) is 103 Å². The van der Waals surface area contributed by atoms with Gasteiger partial charge >= 0.3 is 6.03 Å². The van der Waals surface area contributed by atoms with E-state index in [2.05, 4.69) is 22.8 Å². The second-order valence-electron chi connectivity index (χ2n) is 9.29. The van der Waals surface area contributed by atoms with Crippen molar-refractivity contribution >= 4 is 6.03 Å². The number of carbonyl (C=O) groups excluding carboxylic acids is 1. The summed E-state index contributed by atoms with van der Waals surface area (Å²) in [5.74, 6) is 0.796. The maximum absolute atomic E-state index is 12.0. The zero-order chi connectivity index (χ0) is 26.4. The standard InChI is InChI=1S/C32H35N3O3/c33-32(36)35-30(20-25-16-18-29(19-17-25)37-23-27-12-6-2-7-13-27)31(38-24-28-14-8-3-9-15-28)22-34-21-26-10-4-1-5-11-26/h1-19,30-31,34H,20-24H2,(H3,33,35,36)/p+1/t30-,31?/m1/s1. The highest BCUT2D eigenvalue weighted by atomic mass is 16.5. The summed E-state index contributed by atoms with van der Waals surface area (Å²) in [7, 11) is 0. The van der Waals surface area contributed by atoms with Crippen LogP contribution >= 0.6 is 0 Å². The summed E-state index contributed by atoms with van der Waals surface area (Å²) in [5.41, 5.74) is 10.1. The predicted molar refractivity (Wildman–Crippen MR) is 149 cm³/mol. The summed E-state index contributed by atoms with van der Waals surface area (Å²) < 4.78 is 12.3. The molecule has 4 aromatic rings. The van der Waals surface area contributed by atoms with Crippen LogP contribution in [-0.2, 0) is 30.9 Å². The number of primary amides is 1. The number of quaternary nitrogens is 1. The van der Waals surface area contributed by atoms with Crippen molar-refractivity contribution in [2.24, 2.45) is 5.73 Å². The number of benzene rings is 4. The van der Waals surface area contributed by atoms with Crippen LogP contribution in [0.25, 0.3) is 0 Å². The Kier molecular flexibility index (Phi) is 10.3. The van der Waals surface area contributed by atoms with Crippen LogP contribution in [0.1, 0.15) is 22.3 Å². The van der Waals surface area contributed by atoms with E-state index < -0.39 is 6.03 Å². The van der Waals surface area contributed by atoms with Gasteiger partial charge < -0.3 is 25.8 Å². The highest BCUT2D eigenvalue weighted by Crippen LogP contribution is 2.17. The number of rotatable bonds is 14. The summed E-state index contributed by atoms with van der Waals surface area (Å²) in [6, 6.07) is 37.6. The Morgan fingerprint density at radius 2 is 1.26 bits per heavy atom. The molecule has 196 valence electrons. The van der Waals surface area contributed by atoms with E-state index in [1.165, 1.54) is 5.56 Å². The molecule has 2 amide bonds. The zero-order valence-corrected chi connectivity index (χ0v) is 21.5. The maximum atomic E-state index is 12.0. The number of ether oxygens (including phenoxy) is 2. The van der Waals surface area contributed by atoms with Crippen molar-refractivity contribution in [3.8, 4) is 5.75 Å². The number of nitrogens with two attached hydrogens (primary N) is 2. The maximum Gasteiger partial charge on any atom is 0.312 e. The number of urea groups is 1. The molecule has 1 unspecified atom stereocenters. The molecule has 0 spiro atoms. The van der Waals surface area contributed by atoms with Gasteiger partial charge in [0, 0.05) is 5.56 Å². The Hall–Kier alpha value is -4.13. The average Bonchev–Trinajstić information content (AvgIpc) is 2.95. The van der Waals surface area contributed by atoms with E-state index in [1.54, 1.807) is 0 Å². The topological polar surface area (TPSA) is 90.2 Å². The van der Waals surface area contributed by atoms with Crippen molar-refractivity contribution in [1.29, 1.82) is 0 Å². The number of amides is 2. The van der Waals surface area contributed by atoms with Crippen LogP contribution in [0.2, 0.25) is 0 Å². The highest BCUT2D eigenvalue weighted by Gasteiger charge is 2.26. The molecule has 4 rings (SSSR count). The molecule has 0 aliphatic heterocycles. The van der Waals surface area contributed by atoms with Crippen molar-refractivity contribution in [3.63, 3.8) is 0 Å². The molecular formula is C32H36N3O3+. The Labute approximate surface area is 224 Å². The summed E-state index contributed by atoms with van der Waals surface area (Å²) in [6.07, 6.45) is 0.334. The van der Waals surface area contributed by atoms with Crippen molar-refractivity contribution in [2.75, 3.05) is 6.54 Å². The SMILES string of the molecule is NC(=O)N[C@H](Cc1ccc(OCc2ccccc2)cc1)C(C[NH2+]Cc1ccccc1)OCc1ccccc1. The fraction of sp³-hybridized carbons (Fsp3) is 0.219. The van der Waals surface area contributed by atoms with Crippen LogP contribution in [-0.4, -0.2) is 24.7 Å². The Balaban J connectivity index is 1.42. The van der Waals surface area contributed by atoms with Gasteiger partial charge in [0.1, 0.15) is 31.5 Å². The van der Waals surface area contributed by atoms with Gasteiger partial charge in [0.05, 0.1) is 12.6 Å². The Morgan fingerprint density at radius 1 is 0.711 bits per heavy atom. The Bertz CT molecular complexity index is 1220. The van der Waals surface area contributed by atoms with Gasteiger partial charge in [-0.2, -0.15) is 0 Å². The molecular weight excluding hydrogens is 474 g/mol. The van der Waals surface area contributed by atoms with Crippen LogP contribution in [0.4, 0.5) is 4.79 Å². The van der Waals surface area contributed by atoms with Gasteiger partial charge in [-0.25, -0.2) is 4.79 Å². The third-order valence-corrected chi connectivity index (χ3v) is 6.33. The van der Waals surface area contributed by atoms with Crippen LogP contribution in [0.3, 0.4) is 0 Å². The minimum atomic E-state index is -0.561. The van der Waals surface area contributed by atoms with Crippen LogP contribution < -0.4 is 21.1 Å². The molecule has 4 aromatic carbocycles. The van der Waals surface area contributed by atoms with Gasteiger partial charge in [-0.05, 0) is 35.2 Å². The lowest BCUT2D eigenvalue weighted by atomic mass is 10.0. The third-order valence-electron chi connectivity index (χ3n) is 6.33. The zero-order valence-electron chi connectivity index (χ0n) is 21.5. The summed E-state index contributed by atoms with van der Waals surface area (Å²) in [5, 5.41) is 5.15. The fourth-order valence-corrected chi connectivity index (χ4v) is 4.33. The number of hydrogen-bond acceptors (Lipinski definition) is 3. The van der Waals surface area contributed by atoms with E-state index in [0.29, 0.717) is 26.2 Å². The molecule has 0 bridgehead atoms. The molecule has 0 saturated heterocycles. The van der Waals surface area contributed by atoms with Crippen molar-refractivity contribution < 1.29 is 19.6 Å². The Morgan fingerprint density at radius 3 is 1.84 bits per heavy atom. The minimum absolute atomic E-state index is 0.250. The molecule has 6 heteroatoms. The first kappa shape index (κ1) is 26.9. The lowest BCUT2D eigenvalue weighted by molar-refractivity contribution is -0.677. The minimum Gasteiger partial charge on any atom is -0.489 e. The number of nitrogens with one attached hydrogen (secondary N) is 1. The van der Waals surface area contributed by atoms with Crippen molar-refractivity contribution in [1.82, 2.24) is 5.32 Å². The van der Waals surface area contributed by atoms with E-state index in [0.717, 1.165) is 29.0 Å². The third kappa shape index (κ3) is 9.07. The lowest BCUT2D eigenvalue weighted by Crippen LogP contribution is -2.86. The molecule has 6 nitrogen and oxygen atoms in total. The molecule has 0 aliphatic rings. The smallest absolute Gasteiger partial charge is 0.312 e. The van der Waals surface area contributed by atoms with Crippen molar-refractivity contribution in [3.05, 3.63) is 138 Å². The summed E-state index contributed by atoms with van der Waals surface area (Å²) in [6.45, 7) is 2.46. The van der Waals surface area contributed by atoms with Gasteiger partial charge in [0.25, 0.3) is 0 Å².